The highest BCUT2D eigenvalue weighted by Gasteiger charge is 2.43. The predicted molar refractivity (Wildman–Crippen MR) is 75.3 cm³/mol. The molecule has 0 amide bonds. The van der Waals surface area contributed by atoms with Gasteiger partial charge in [0.1, 0.15) is 0 Å². The van der Waals surface area contributed by atoms with Crippen molar-refractivity contribution in [3.05, 3.63) is 71.5 Å². The fraction of sp³-hybridized carbons (Fsp3) is 0.333. The number of allylic oxidation sites excluding steroid dienone is 1. The van der Waals surface area contributed by atoms with Crippen LogP contribution in [0.15, 0.2) is 65.9 Å². The van der Waals surface area contributed by atoms with Crippen LogP contribution in [-0.2, 0) is 0 Å². The van der Waals surface area contributed by atoms with Gasteiger partial charge < -0.3 is 0 Å². The van der Waals surface area contributed by atoms with E-state index in [4.69, 9.17) is 0 Å². The Hall–Kier alpha value is -1.92. The van der Waals surface area contributed by atoms with E-state index in [1.165, 1.54) is 5.56 Å². The molecular weight excluding hydrogens is 216 g/mol. The van der Waals surface area contributed by atoms with Crippen molar-refractivity contribution in [2.45, 2.75) is 19.8 Å². The maximum atomic E-state index is 3.44. The lowest BCUT2D eigenvalue weighted by molar-refractivity contribution is 0.100. The molecule has 0 aromatic heterocycles. The van der Waals surface area contributed by atoms with Gasteiger partial charge in [-0.3, -0.25) is 0 Å². The normalized spacial score (nSPS) is 29.0. The molecular formula is C18H18. The molecule has 90 valence electrons. The molecule has 0 saturated heterocycles. The Kier molecular flexibility index (Phi) is 3.91. The maximum Gasteiger partial charge on any atom is -0.00875 e. The minimum absolute atomic E-state index is 0.578. The Morgan fingerprint density at radius 1 is 1.06 bits per heavy atom. The molecule has 1 aromatic rings. The van der Waals surface area contributed by atoms with E-state index in [-0.39, 0.29) is 0 Å². The second-order valence-corrected chi connectivity index (χ2v) is 4.97. The van der Waals surface area contributed by atoms with Gasteiger partial charge in [-0.05, 0) is 53.4 Å². The van der Waals surface area contributed by atoms with Gasteiger partial charge in [0, 0.05) is 0 Å². The van der Waals surface area contributed by atoms with Crippen molar-refractivity contribution in [1.29, 1.82) is 0 Å². The van der Waals surface area contributed by atoms with Crippen LogP contribution in [0.2, 0.25) is 0 Å². The summed E-state index contributed by atoms with van der Waals surface area (Å²) in [6, 6.07) is 10.8. The first-order chi connectivity index (χ1) is 8.75. The van der Waals surface area contributed by atoms with Crippen molar-refractivity contribution in [1.82, 2.24) is 0 Å². The third kappa shape index (κ3) is 2.34. The van der Waals surface area contributed by atoms with Crippen LogP contribution >= 0.6 is 0 Å². The summed E-state index contributed by atoms with van der Waals surface area (Å²) < 4.78 is 0. The SMILES string of the molecule is C=C=C=C=C=CC1C(C)C(c2ccccc2)C1C. The Balaban J connectivity index is 2.16. The summed E-state index contributed by atoms with van der Waals surface area (Å²) in [7, 11) is 0. The second-order valence-electron chi connectivity index (χ2n) is 4.97. The van der Waals surface area contributed by atoms with Gasteiger partial charge in [-0.25, -0.2) is 0 Å². The van der Waals surface area contributed by atoms with Crippen molar-refractivity contribution in [3.63, 3.8) is 0 Å². The molecule has 18 heavy (non-hydrogen) atoms. The zero-order valence-electron chi connectivity index (χ0n) is 11.0. The van der Waals surface area contributed by atoms with Crippen LogP contribution in [0.3, 0.4) is 0 Å². The van der Waals surface area contributed by atoms with Crippen molar-refractivity contribution >= 4 is 0 Å². The van der Waals surface area contributed by atoms with Gasteiger partial charge in [0.2, 0.25) is 0 Å². The average molecular weight is 234 g/mol. The van der Waals surface area contributed by atoms with E-state index < -0.39 is 0 Å². The first-order valence-electron chi connectivity index (χ1n) is 6.41. The molecule has 0 heteroatoms. The van der Waals surface area contributed by atoms with E-state index in [0.717, 1.165) is 0 Å². The summed E-state index contributed by atoms with van der Waals surface area (Å²) in [5, 5.41) is 0. The van der Waals surface area contributed by atoms with E-state index in [1.807, 2.05) is 0 Å². The standard InChI is InChI=1S/C18H18/c1-4-5-6-10-13-17-14(2)18(15(17)3)16-11-8-7-9-12-16/h7-9,11-15,17-18H,1H2,2-3H3. The zero-order chi connectivity index (χ0) is 13.0. The van der Waals surface area contributed by atoms with Crippen LogP contribution in [0, 0.1) is 17.8 Å². The summed E-state index contributed by atoms with van der Waals surface area (Å²) in [6.07, 6.45) is 2.11. The average Bonchev–Trinajstić information content (AvgIpc) is 2.40. The molecule has 1 saturated carbocycles. The number of hydrogen-bond donors (Lipinski definition) is 0. The van der Waals surface area contributed by atoms with Gasteiger partial charge in [-0.15, -0.1) is 0 Å². The molecule has 1 aliphatic rings. The Bertz CT molecular complexity index is 545. The molecule has 1 aromatic carbocycles. The van der Waals surface area contributed by atoms with E-state index in [0.29, 0.717) is 23.7 Å². The van der Waals surface area contributed by atoms with Crippen LogP contribution in [0.5, 0.6) is 0 Å². The second kappa shape index (κ2) is 5.61. The van der Waals surface area contributed by atoms with Crippen LogP contribution < -0.4 is 0 Å². The largest absolute Gasteiger partial charge is 0.0687 e. The molecule has 1 fully saturated rings. The van der Waals surface area contributed by atoms with E-state index in [9.17, 15) is 0 Å². The Morgan fingerprint density at radius 2 is 1.72 bits per heavy atom. The van der Waals surface area contributed by atoms with Crippen molar-refractivity contribution < 1.29 is 0 Å². The minimum atomic E-state index is 0.578. The zero-order valence-corrected chi connectivity index (χ0v) is 11.0. The van der Waals surface area contributed by atoms with Crippen LogP contribution in [0.25, 0.3) is 0 Å². The van der Waals surface area contributed by atoms with Crippen LogP contribution in [-0.4, -0.2) is 0 Å². The minimum Gasteiger partial charge on any atom is -0.0687 e. The maximum absolute atomic E-state index is 3.44. The van der Waals surface area contributed by atoms with Crippen molar-refractivity contribution in [3.8, 4) is 0 Å². The summed E-state index contributed by atoms with van der Waals surface area (Å²) in [5.41, 5.74) is 12.5. The third-order valence-corrected chi connectivity index (χ3v) is 4.03. The highest BCUT2D eigenvalue weighted by molar-refractivity contribution is 5.26. The molecule has 0 aliphatic heterocycles. The molecule has 2 atom stereocenters. The monoisotopic (exact) mass is 234 g/mol. The third-order valence-electron chi connectivity index (χ3n) is 4.03. The summed E-state index contributed by atoms with van der Waals surface area (Å²) in [4.78, 5) is 0. The fourth-order valence-electron chi connectivity index (χ4n) is 3.10. The van der Waals surface area contributed by atoms with E-state index in [1.54, 1.807) is 0 Å². The lowest BCUT2D eigenvalue weighted by atomic mass is 9.56. The summed E-state index contributed by atoms with van der Waals surface area (Å²) >= 11 is 0. The molecule has 0 spiro atoms. The highest BCUT2D eigenvalue weighted by atomic mass is 14.5. The molecule has 0 nitrogen and oxygen atoms in total. The van der Waals surface area contributed by atoms with Gasteiger partial charge in [-0.1, -0.05) is 55.6 Å². The van der Waals surface area contributed by atoms with Crippen LogP contribution in [0.4, 0.5) is 0 Å². The molecule has 2 unspecified atom stereocenters. The molecule has 2 rings (SSSR count). The molecule has 0 heterocycles. The predicted octanol–water partition coefficient (Wildman–Crippen LogP) is 4.48. The quantitative estimate of drug-likeness (QED) is 0.662. The van der Waals surface area contributed by atoms with Gasteiger partial charge in [0.05, 0.1) is 0 Å². The number of hydrogen-bond acceptors (Lipinski definition) is 0. The van der Waals surface area contributed by atoms with E-state index >= 15 is 0 Å². The summed E-state index contributed by atoms with van der Waals surface area (Å²) in [5.74, 6) is 2.55. The first kappa shape index (κ1) is 12.5. The molecule has 0 N–H and O–H groups in total. The van der Waals surface area contributed by atoms with E-state index in [2.05, 4.69) is 79.8 Å². The summed E-state index contributed by atoms with van der Waals surface area (Å²) in [6.45, 7) is 8.07. The Morgan fingerprint density at radius 3 is 2.33 bits per heavy atom. The van der Waals surface area contributed by atoms with Gasteiger partial charge in [-0.2, -0.15) is 0 Å². The lowest BCUT2D eigenvalue weighted by Gasteiger charge is -2.48. The smallest absolute Gasteiger partial charge is 0.00875 e. The topological polar surface area (TPSA) is 0 Å². The van der Waals surface area contributed by atoms with Crippen LogP contribution in [0.1, 0.15) is 25.3 Å². The highest BCUT2D eigenvalue weighted by Crippen LogP contribution is 2.52. The lowest BCUT2D eigenvalue weighted by Crippen LogP contribution is -2.40. The molecule has 1 aliphatic carbocycles. The van der Waals surface area contributed by atoms with Gasteiger partial charge in [0.15, 0.2) is 0 Å². The Labute approximate surface area is 109 Å². The number of benzene rings is 1. The number of rotatable bonds is 2. The van der Waals surface area contributed by atoms with Gasteiger partial charge in [0.25, 0.3) is 0 Å². The van der Waals surface area contributed by atoms with Gasteiger partial charge >= 0.3 is 0 Å². The van der Waals surface area contributed by atoms with Crippen molar-refractivity contribution in [2.24, 2.45) is 17.8 Å². The first-order valence-corrected chi connectivity index (χ1v) is 6.41. The molecule has 0 radical (unpaired) electrons. The molecule has 0 bridgehead atoms. The van der Waals surface area contributed by atoms with Crippen molar-refractivity contribution in [2.75, 3.05) is 0 Å². The fourth-order valence-corrected chi connectivity index (χ4v) is 3.10.